The molecule has 1 heterocycles. The van der Waals surface area contributed by atoms with Crippen molar-refractivity contribution < 1.29 is 41.0 Å². The Bertz CT molecular complexity index is 454. The van der Waals surface area contributed by atoms with E-state index in [2.05, 4.69) is 8.27 Å². The maximum atomic E-state index is 12.9. The van der Waals surface area contributed by atoms with Crippen molar-refractivity contribution in [1.29, 1.82) is 0 Å². The number of carbonyl (C=O) groups excluding carboxylic acids is 1. The van der Waals surface area contributed by atoms with Crippen molar-refractivity contribution in [2.75, 3.05) is 9.36 Å². The number of carbonyl (C=O) groups is 1. The maximum absolute atomic E-state index is 12.9. The number of esters is 1. The molecule has 138 valence electrons. The third-order valence-electron chi connectivity index (χ3n) is 3.45. The third kappa shape index (κ3) is 3.99. The van der Waals surface area contributed by atoms with Crippen LogP contribution in [0.25, 0.3) is 0 Å². The molecule has 0 amide bonds. The molecule has 0 radical (unpaired) electrons. The predicted octanol–water partition coefficient (Wildman–Crippen LogP) is 3.20. The molecule has 1 rings (SSSR count). The van der Waals surface area contributed by atoms with Crippen LogP contribution in [-0.2, 0) is 9.53 Å². The number of hydrogen-bond donors (Lipinski definition) is 2. The van der Waals surface area contributed by atoms with Crippen LogP contribution in [0, 0.1) is 5.92 Å². The zero-order valence-corrected chi connectivity index (χ0v) is 16.5. The van der Waals surface area contributed by atoms with Gasteiger partial charge in [-0.25, -0.2) is 0 Å². The van der Waals surface area contributed by atoms with Gasteiger partial charge in [0.05, 0.1) is 0 Å². The molecule has 0 spiro atoms. The number of alkyl halides is 9. The first-order chi connectivity index (χ1) is 10.1. The third-order valence-corrected chi connectivity index (χ3v) is 8.57. The first-order valence-electron chi connectivity index (χ1n) is 6.09. The van der Waals surface area contributed by atoms with Gasteiger partial charge in [-0.05, 0) is 0 Å². The SMILES string of the molecule is CI1NC1C(CI)C(=O)OC(C)(C)C(O)(C(F)(F)F)C(F)(F)F. The fourth-order valence-corrected chi connectivity index (χ4v) is 8.46. The summed E-state index contributed by atoms with van der Waals surface area (Å²) in [5.41, 5.74) is -8.40. The Morgan fingerprint density at radius 3 is 1.91 bits per heavy atom. The molecule has 0 aromatic rings. The summed E-state index contributed by atoms with van der Waals surface area (Å²) in [4.78, 5) is 13.9. The monoisotopic (exact) mass is 577 g/mol. The van der Waals surface area contributed by atoms with Gasteiger partial charge in [-0.3, -0.25) is 0 Å². The Hall–Kier alpha value is 0.430. The van der Waals surface area contributed by atoms with Crippen molar-refractivity contribution in [2.24, 2.45) is 5.92 Å². The van der Waals surface area contributed by atoms with Crippen LogP contribution < -0.4 is 3.53 Å². The van der Waals surface area contributed by atoms with Gasteiger partial charge in [-0.2, -0.15) is 0 Å². The van der Waals surface area contributed by atoms with Gasteiger partial charge in [0.15, 0.2) is 0 Å². The second-order valence-corrected chi connectivity index (χ2v) is 11.2. The second kappa shape index (κ2) is 6.63. The van der Waals surface area contributed by atoms with E-state index < -0.39 is 55.5 Å². The van der Waals surface area contributed by atoms with Gasteiger partial charge in [-0.15, -0.1) is 0 Å². The van der Waals surface area contributed by atoms with Crippen molar-refractivity contribution in [3.8, 4) is 0 Å². The second-order valence-electron chi connectivity index (χ2n) is 5.43. The molecule has 0 aromatic carbocycles. The van der Waals surface area contributed by atoms with Gasteiger partial charge in [0, 0.05) is 0 Å². The molecule has 12 heteroatoms. The summed E-state index contributed by atoms with van der Waals surface area (Å²) in [6, 6.07) is 0. The molecule has 1 fully saturated rings. The Kier molecular flexibility index (Phi) is 6.19. The topological polar surface area (TPSA) is 68.5 Å². The van der Waals surface area contributed by atoms with E-state index in [1.807, 2.05) is 27.5 Å². The molecule has 0 bridgehead atoms. The van der Waals surface area contributed by atoms with Crippen LogP contribution in [0.4, 0.5) is 26.3 Å². The van der Waals surface area contributed by atoms with Crippen LogP contribution in [0.1, 0.15) is 13.8 Å². The normalized spacial score (nSPS) is 22.7. The average Bonchev–Trinajstić information content (AvgIpc) is 3.02. The summed E-state index contributed by atoms with van der Waals surface area (Å²) in [7, 11) is 0. The van der Waals surface area contributed by atoms with Crippen LogP contribution >= 0.6 is 42.7 Å². The Morgan fingerprint density at radius 2 is 1.65 bits per heavy atom. The standard InChI is InChI=1S/C11H15F6I2NO3/c1-8(2,9(22,10(12,13)14)11(15,16)17)23-7(21)5(4-18)6-19(3)20-6/h5-6,20,22H,4H2,1-3H3. The van der Waals surface area contributed by atoms with Gasteiger partial charge < -0.3 is 0 Å². The van der Waals surface area contributed by atoms with Gasteiger partial charge in [0.25, 0.3) is 0 Å². The number of halogens is 8. The van der Waals surface area contributed by atoms with E-state index in [9.17, 15) is 36.2 Å². The molecule has 0 aliphatic carbocycles. The molecule has 4 nitrogen and oxygen atoms in total. The molecule has 0 aromatic heterocycles. The summed E-state index contributed by atoms with van der Waals surface area (Å²) in [6.07, 6.45) is -12.1. The van der Waals surface area contributed by atoms with E-state index >= 15 is 0 Å². The number of ether oxygens (including phenoxy) is 1. The number of aliphatic hydroxyl groups is 1. The molecule has 1 saturated heterocycles. The fraction of sp³-hybridized carbons (Fsp3) is 0.909. The number of nitrogens with one attached hydrogen (secondary N) is 1. The first-order valence-corrected chi connectivity index (χ1v) is 12.1. The van der Waals surface area contributed by atoms with E-state index in [1.165, 1.54) is 0 Å². The zero-order chi connectivity index (χ0) is 18.4. The van der Waals surface area contributed by atoms with Crippen molar-refractivity contribution in [1.82, 2.24) is 3.53 Å². The van der Waals surface area contributed by atoms with Crippen LogP contribution in [-0.4, -0.2) is 48.0 Å². The number of rotatable bonds is 5. The quantitative estimate of drug-likeness (QED) is 0.100. The van der Waals surface area contributed by atoms with E-state index in [0.717, 1.165) is 0 Å². The minimum atomic E-state index is -6.06. The Balaban J connectivity index is 3.10. The van der Waals surface area contributed by atoms with Crippen molar-refractivity contribution in [3.63, 3.8) is 0 Å². The average molecular weight is 577 g/mol. The van der Waals surface area contributed by atoms with Crippen LogP contribution in [0.5, 0.6) is 0 Å². The van der Waals surface area contributed by atoms with Crippen molar-refractivity contribution >= 4 is 48.7 Å². The van der Waals surface area contributed by atoms with Crippen molar-refractivity contribution in [3.05, 3.63) is 0 Å². The molecule has 0 saturated carbocycles. The van der Waals surface area contributed by atoms with E-state index in [1.54, 1.807) is 0 Å². The zero-order valence-electron chi connectivity index (χ0n) is 12.1. The summed E-state index contributed by atoms with van der Waals surface area (Å²) < 4.78 is 84.8. The summed E-state index contributed by atoms with van der Waals surface area (Å²) >= 11 is 0.272. The fourth-order valence-electron chi connectivity index (χ4n) is 1.95. The first kappa shape index (κ1) is 21.5. The molecule has 2 unspecified atom stereocenters. The summed E-state index contributed by atoms with van der Waals surface area (Å²) in [5.74, 6) is -2.02. The summed E-state index contributed by atoms with van der Waals surface area (Å²) in [5, 5.41) is 9.39. The molecule has 1 aliphatic heterocycles. The van der Waals surface area contributed by atoms with E-state index in [0.29, 0.717) is 13.8 Å². The molecule has 2 N–H and O–H groups in total. The molecule has 2 atom stereocenters. The van der Waals surface area contributed by atoms with Crippen molar-refractivity contribution in [2.45, 2.75) is 41.5 Å². The van der Waals surface area contributed by atoms with Crippen LogP contribution in [0.2, 0.25) is 0 Å². The van der Waals surface area contributed by atoms with E-state index in [-0.39, 0.29) is 8.48 Å². The van der Waals surface area contributed by atoms with E-state index in [4.69, 9.17) is 0 Å². The van der Waals surface area contributed by atoms with Gasteiger partial charge in [0.2, 0.25) is 0 Å². The molecule has 1 aliphatic rings. The predicted molar refractivity (Wildman–Crippen MR) is 86.5 cm³/mol. The van der Waals surface area contributed by atoms with Crippen LogP contribution in [0.15, 0.2) is 0 Å². The van der Waals surface area contributed by atoms with Gasteiger partial charge in [0.1, 0.15) is 0 Å². The molecular weight excluding hydrogens is 562 g/mol. The Labute approximate surface area is 149 Å². The van der Waals surface area contributed by atoms with Gasteiger partial charge >= 0.3 is 150 Å². The Morgan fingerprint density at radius 1 is 1.26 bits per heavy atom. The summed E-state index contributed by atoms with van der Waals surface area (Å²) in [6.45, 7) is 0.803. The number of hydrogen-bond acceptors (Lipinski definition) is 4. The molecule has 23 heavy (non-hydrogen) atoms. The van der Waals surface area contributed by atoms with Crippen LogP contribution in [0.3, 0.4) is 0 Å². The van der Waals surface area contributed by atoms with Gasteiger partial charge in [-0.1, -0.05) is 0 Å². The molecular formula is C11H15F6I2NO3. The minimum absolute atomic E-state index is 0.183.